The average molecular weight is 444 g/mol. The van der Waals surface area contributed by atoms with Gasteiger partial charge < -0.3 is 9.15 Å². The summed E-state index contributed by atoms with van der Waals surface area (Å²) in [5.41, 5.74) is 1.34. The van der Waals surface area contributed by atoms with Gasteiger partial charge in [-0.1, -0.05) is 23.7 Å². The topological polar surface area (TPSA) is 59.8 Å². The molecular formula is C22H15ClFNO4S. The minimum Gasteiger partial charge on any atom is -0.496 e. The second-order valence-corrected chi connectivity index (χ2v) is 7.87. The van der Waals surface area contributed by atoms with Crippen LogP contribution in [0.15, 0.2) is 63.9 Å². The number of ether oxygens (including phenoxy) is 1. The Kier molecular flexibility index (Phi) is 5.65. The Bertz CT molecular complexity index is 1160. The van der Waals surface area contributed by atoms with E-state index in [1.54, 1.807) is 49.6 Å². The van der Waals surface area contributed by atoms with E-state index in [4.69, 9.17) is 20.8 Å². The van der Waals surface area contributed by atoms with Crippen LogP contribution in [0.25, 0.3) is 17.4 Å². The molecule has 4 rings (SSSR count). The second-order valence-electron chi connectivity index (χ2n) is 6.44. The first-order valence-electron chi connectivity index (χ1n) is 8.88. The van der Waals surface area contributed by atoms with Gasteiger partial charge in [-0.25, -0.2) is 4.39 Å². The molecule has 5 nitrogen and oxygen atoms in total. The highest BCUT2D eigenvalue weighted by Crippen LogP contribution is 2.36. The largest absolute Gasteiger partial charge is 0.496 e. The summed E-state index contributed by atoms with van der Waals surface area (Å²) in [6.07, 6.45) is 1.52. The zero-order valence-electron chi connectivity index (χ0n) is 15.7. The monoisotopic (exact) mass is 443 g/mol. The van der Waals surface area contributed by atoms with Crippen molar-refractivity contribution in [3.05, 3.63) is 81.7 Å². The van der Waals surface area contributed by atoms with Crippen LogP contribution in [-0.4, -0.2) is 23.2 Å². The van der Waals surface area contributed by atoms with Crippen LogP contribution in [0.5, 0.6) is 5.75 Å². The van der Waals surface area contributed by atoms with Crippen molar-refractivity contribution in [2.24, 2.45) is 0 Å². The Labute approximate surface area is 181 Å². The predicted molar refractivity (Wildman–Crippen MR) is 114 cm³/mol. The van der Waals surface area contributed by atoms with Crippen molar-refractivity contribution in [3.63, 3.8) is 0 Å². The van der Waals surface area contributed by atoms with E-state index < -0.39 is 5.91 Å². The maximum absolute atomic E-state index is 13.1. The number of benzene rings is 2. The number of amides is 2. The number of halogens is 2. The number of furan rings is 1. The molecule has 1 aromatic heterocycles. The molecule has 1 saturated heterocycles. The molecular weight excluding hydrogens is 429 g/mol. The highest BCUT2D eigenvalue weighted by Gasteiger charge is 2.35. The molecule has 8 heteroatoms. The standard InChI is InChI=1S/C22H15ClFNO4S/c1-28-18-8-4-14(23)10-17(18)19-9-7-16(29-19)11-20-21(26)25(22(27)30-20)12-13-2-5-15(24)6-3-13/h2-11H,12H2,1H3/b20-11+. The molecule has 2 aromatic carbocycles. The van der Waals surface area contributed by atoms with E-state index in [1.807, 2.05) is 0 Å². The quantitative estimate of drug-likeness (QED) is 0.454. The van der Waals surface area contributed by atoms with E-state index in [1.165, 1.54) is 18.2 Å². The molecule has 0 saturated carbocycles. The summed E-state index contributed by atoms with van der Waals surface area (Å²) in [5, 5.41) is 0.143. The minimum absolute atomic E-state index is 0.0748. The van der Waals surface area contributed by atoms with Gasteiger partial charge in [0, 0.05) is 11.1 Å². The number of rotatable bonds is 5. The molecule has 1 aliphatic heterocycles. The fourth-order valence-electron chi connectivity index (χ4n) is 2.99. The molecule has 1 fully saturated rings. The summed E-state index contributed by atoms with van der Waals surface area (Å²) in [6.45, 7) is 0.0748. The van der Waals surface area contributed by atoms with Crippen molar-refractivity contribution < 1.29 is 23.1 Å². The molecule has 2 amide bonds. The van der Waals surface area contributed by atoms with Crippen molar-refractivity contribution in [2.75, 3.05) is 7.11 Å². The van der Waals surface area contributed by atoms with Crippen molar-refractivity contribution in [1.29, 1.82) is 0 Å². The van der Waals surface area contributed by atoms with Crippen molar-refractivity contribution in [1.82, 2.24) is 4.90 Å². The van der Waals surface area contributed by atoms with Gasteiger partial charge in [0.25, 0.3) is 11.1 Å². The van der Waals surface area contributed by atoms with Crippen molar-refractivity contribution in [3.8, 4) is 17.1 Å². The zero-order chi connectivity index (χ0) is 21.3. The van der Waals surface area contributed by atoms with Gasteiger partial charge in [0.1, 0.15) is 23.1 Å². The lowest BCUT2D eigenvalue weighted by Crippen LogP contribution is -2.27. The number of hydrogen-bond acceptors (Lipinski definition) is 5. The summed E-state index contributed by atoms with van der Waals surface area (Å²) in [7, 11) is 1.55. The molecule has 2 heterocycles. The molecule has 0 atom stereocenters. The van der Waals surface area contributed by atoms with Crippen molar-refractivity contribution >= 4 is 40.6 Å². The number of carbonyl (C=O) groups excluding carboxylic acids is 2. The first-order chi connectivity index (χ1) is 14.4. The van der Waals surface area contributed by atoms with Gasteiger partial charge in [-0.15, -0.1) is 0 Å². The molecule has 152 valence electrons. The molecule has 3 aromatic rings. The molecule has 0 N–H and O–H groups in total. The third kappa shape index (κ3) is 4.13. The van der Waals surface area contributed by atoms with E-state index >= 15 is 0 Å². The molecule has 0 bridgehead atoms. The Morgan fingerprint density at radius 2 is 1.90 bits per heavy atom. The maximum Gasteiger partial charge on any atom is 0.293 e. The van der Waals surface area contributed by atoms with Crippen LogP contribution < -0.4 is 4.74 Å². The Balaban J connectivity index is 1.56. The summed E-state index contributed by atoms with van der Waals surface area (Å²) >= 11 is 6.91. The average Bonchev–Trinajstić information content (AvgIpc) is 3.30. The molecule has 30 heavy (non-hydrogen) atoms. The maximum atomic E-state index is 13.1. The van der Waals surface area contributed by atoms with E-state index in [0.29, 0.717) is 33.4 Å². The number of thioether (sulfide) groups is 1. The summed E-state index contributed by atoms with van der Waals surface area (Å²) < 4.78 is 24.2. The SMILES string of the molecule is COc1ccc(Cl)cc1-c1ccc(/C=C2/SC(=O)N(Cc3ccc(F)cc3)C2=O)o1. The summed E-state index contributed by atoms with van der Waals surface area (Å²) in [5.74, 6) is 0.732. The first-order valence-corrected chi connectivity index (χ1v) is 10.1. The second kappa shape index (κ2) is 8.38. The minimum atomic E-state index is -0.424. The van der Waals surface area contributed by atoms with Gasteiger partial charge in [0.2, 0.25) is 0 Å². The fraction of sp³-hybridized carbons (Fsp3) is 0.0909. The number of imide groups is 1. The fourth-order valence-corrected chi connectivity index (χ4v) is 3.98. The lowest BCUT2D eigenvalue weighted by molar-refractivity contribution is -0.123. The molecule has 0 spiro atoms. The van der Waals surface area contributed by atoms with Gasteiger partial charge in [0.05, 0.1) is 24.1 Å². The van der Waals surface area contributed by atoms with E-state index in [-0.39, 0.29) is 22.5 Å². The highest BCUT2D eigenvalue weighted by molar-refractivity contribution is 8.18. The van der Waals surface area contributed by atoms with Crippen LogP contribution in [0.2, 0.25) is 5.02 Å². The summed E-state index contributed by atoms with van der Waals surface area (Å²) in [4.78, 5) is 26.3. The van der Waals surface area contributed by atoms with Gasteiger partial charge in [-0.05, 0) is 59.8 Å². The lowest BCUT2D eigenvalue weighted by Gasteiger charge is -2.12. The van der Waals surface area contributed by atoms with Gasteiger partial charge in [-0.3, -0.25) is 14.5 Å². The first kappa shape index (κ1) is 20.3. The molecule has 0 aliphatic carbocycles. The number of carbonyl (C=O) groups is 2. The zero-order valence-corrected chi connectivity index (χ0v) is 17.3. The molecule has 0 unspecified atom stereocenters. The Morgan fingerprint density at radius 3 is 2.63 bits per heavy atom. The van der Waals surface area contributed by atoms with Crippen LogP contribution >= 0.6 is 23.4 Å². The Morgan fingerprint density at radius 1 is 1.13 bits per heavy atom. The highest BCUT2D eigenvalue weighted by atomic mass is 35.5. The van der Waals surface area contributed by atoms with E-state index in [0.717, 1.165) is 16.7 Å². The molecule has 1 aliphatic rings. The van der Waals surface area contributed by atoms with Crippen LogP contribution in [-0.2, 0) is 11.3 Å². The van der Waals surface area contributed by atoms with Crippen LogP contribution in [0, 0.1) is 5.82 Å². The third-order valence-corrected chi connectivity index (χ3v) is 5.60. The van der Waals surface area contributed by atoms with Gasteiger partial charge in [0.15, 0.2) is 0 Å². The van der Waals surface area contributed by atoms with E-state index in [2.05, 4.69) is 0 Å². The van der Waals surface area contributed by atoms with E-state index in [9.17, 15) is 14.0 Å². The normalized spacial score (nSPS) is 15.3. The van der Waals surface area contributed by atoms with Crippen molar-refractivity contribution in [2.45, 2.75) is 6.54 Å². The third-order valence-electron chi connectivity index (χ3n) is 4.45. The Hall–Kier alpha value is -3.03. The number of nitrogens with zero attached hydrogens (tertiary/aromatic N) is 1. The van der Waals surface area contributed by atoms with Crippen LogP contribution in [0.1, 0.15) is 11.3 Å². The molecule has 0 radical (unpaired) electrons. The number of hydrogen-bond donors (Lipinski definition) is 0. The smallest absolute Gasteiger partial charge is 0.293 e. The lowest BCUT2D eigenvalue weighted by atomic mass is 10.1. The number of methoxy groups -OCH3 is 1. The van der Waals surface area contributed by atoms with Crippen LogP contribution in [0.4, 0.5) is 9.18 Å². The van der Waals surface area contributed by atoms with Crippen LogP contribution in [0.3, 0.4) is 0 Å². The van der Waals surface area contributed by atoms with Gasteiger partial charge in [-0.2, -0.15) is 0 Å². The van der Waals surface area contributed by atoms with Gasteiger partial charge >= 0.3 is 0 Å². The summed E-state index contributed by atoms with van der Waals surface area (Å²) in [6, 6.07) is 14.3. The predicted octanol–water partition coefficient (Wildman–Crippen LogP) is 5.98.